The summed E-state index contributed by atoms with van der Waals surface area (Å²) in [5, 5.41) is 12.6. The van der Waals surface area contributed by atoms with Gasteiger partial charge in [-0.25, -0.2) is 0 Å². The summed E-state index contributed by atoms with van der Waals surface area (Å²) in [6.45, 7) is 3.45. The van der Waals surface area contributed by atoms with Gasteiger partial charge in [-0.15, -0.1) is 0 Å². The second kappa shape index (κ2) is 7.36. The van der Waals surface area contributed by atoms with Crippen molar-refractivity contribution in [3.05, 3.63) is 4.91 Å². The van der Waals surface area contributed by atoms with E-state index < -0.39 is 12.0 Å². The normalized spacial score (nSPS) is 14.4. The molecule has 0 saturated carbocycles. The molecule has 0 N–H and O–H groups in total. The summed E-state index contributed by atoms with van der Waals surface area (Å²) in [6, 6.07) is -1.19. The summed E-state index contributed by atoms with van der Waals surface area (Å²) >= 11 is 0. The Morgan fingerprint density at radius 1 is 1.64 bits per heavy atom. The third-order valence-corrected chi connectivity index (χ3v) is 1.54. The third-order valence-electron chi connectivity index (χ3n) is 1.54. The van der Waals surface area contributed by atoms with Crippen LogP contribution in [0.3, 0.4) is 0 Å². The first-order chi connectivity index (χ1) is 4.63. The number of carbonyl (C=O) groups excluding carboxylic acids is 1. The second-order valence-corrected chi connectivity index (χ2v) is 2.25. The van der Waals surface area contributed by atoms with E-state index in [4.69, 9.17) is 0 Å². The Kier molecular flexibility index (Phi) is 9.53. The van der Waals surface area contributed by atoms with Gasteiger partial charge in [0.25, 0.3) is 0 Å². The molecule has 0 aromatic heterocycles. The van der Waals surface area contributed by atoms with Crippen LogP contribution in [-0.2, 0) is 4.79 Å². The maximum atomic E-state index is 10.1. The molecule has 0 aliphatic heterocycles. The van der Waals surface area contributed by atoms with Gasteiger partial charge in [-0.05, 0) is 5.92 Å². The van der Waals surface area contributed by atoms with Gasteiger partial charge < -0.3 is 9.90 Å². The molecule has 0 rings (SSSR count). The molecule has 11 heavy (non-hydrogen) atoms. The molecule has 4 nitrogen and oxygen atoms in total. The number of carbonyl (C=O) groups is 1. The summed E-state index contributed by atoms with van der Waals surface area (Å²) in [4.78, 5) is 20.0. The van der Waals surface area contributed by atoms with Crippen molar-refractivity contribution in [1.82, 2.24) is 0 Å². The number of nitroso groups, excluding NO2 is 1. The summed E-state index contributed by atoms with van der Waals surface area (Å²) in [5.41, 5.74) is 0. The third kappa shape index (κ3) is 5.03. The fourth-order valence-electron chi connectivity index (χ4n) is 0.602. The minimum absolute atomic E-state index is 0. The van der Waals surface area contributed by atoms with E-state index in [0.29, 0.717) is 6.42 Å². The van der Waals surface area contributed by atoms with E-state index in [1.54, 1.807) is 13.8 Å². The van der Waals surface area contributed by atoms with Crippen molar-refractivity contribution in [2.45, 2.75) is 26.3 Å². The van der Waals surface area contributed by atoms with Crippen molar-refractivity contribution in [1.29, 1.82) is 0 Å². The number of carboxylic acids is 1. The van der Waals surface area contributed by atoms with Crippen molar-refractivity contribution in [2.75, 3.05) is 0 Å². The number of rotatable bonds is 4. The Morgan fingerprint density at radius 3 is 2.18 bits per heavy atom. The smallest absolute Gasteiger partial charge is 0.548 e. The van der Waals surface area contributed by atoms with Gasteiger partial charge in [0.2, 0.25) is 0 Å². The SMILES string of the molecule is CC[C@H](C)[C@H](N=O)C(=O)[O-].[K+]. The van der Waals surface area contributed by atoms with E-state index in [0.717, 1.165) is 0 Å². The van der Waals surface area contributed by atoms with Gasteiger partial charge in [0, 0.05) is 0 Å². The Labute approximate surface area is 108 Å². The Bertz CT molecular complexity index is 140. The van der Waals surface area contributed by atoms with E-state index in [-0.39, 0.29) is 57.3 Å². The molecule has 0 unspecified atom stereocenters. The molecule has 0 aromatic rings. The average Bonchev–Trinajstić information content (AvgIpc) is 1.88. The van der Waals surface area contributed by atoms with Gasteiger partial charge in [0.15, 0.2) is 0 Å². The van der Waals surface area contributed by atoms with Crippen LogP contribution >= 0.6 is 0 Å². The van der Waals surface area contributed by atoms with Crippen LogP contribution in [0.25, 0.3) is 0 Å². The molecular formula is C6H10KNO3. The number of hydrogen-bond acceptors (Lipinski definition) is 4. The molecule has 0 spiro atoms. The predicted molar refractivity (Wildman–Crippen MR) is 34.0 cm³/mol. The number of nitrogens with zero attached hydrogens (tertiary/aromatic N) is 1. The van der Waals surface area contributed by atoms with Crippen molar-refractivity contribution < 1.29 is 61.3 Å². The van der Waals surface area contributed by atoms with Gasteiger partial charge in [-0.1, -0.05) is 25.4 Å². The molecule has 2 atom stereocenters. The topological polar surface area (TPSA) is 69.6 Å². The molecule has 0 heterocycles. The fourth-order valence-corrected chi connectivity index (χ4v) is 0.602. The van der Waals surface area contributed by atoms with Crippen molar-refractivity contribution in [3.8, 4) is 0 Å². The molecule has 0 fully saturated rings. The predicted octanol–water partition coefficient (Wildman–Crippen LogP) is -3.08. The molecule has 0 aromatic carbocycles. The molecule has 0 aliphatic carbocycles. The van der Waals surface area contributed by atoms with Crippen LogP contribution in [0.1, 0.15) is 20.3 Å². The second-order valence-electron chi connectivity index (χ2n) is 2.25. The van der Waals surface area contributed by atoms with Crippen LogP contribution in [0.2, 0.25) is 0 Å². The van der Waals surface area contributed by atoms with Crippen molar-refractivity contribution in [2.24, 2.45) is 11.1 Å². The first-order valence-corrected chi connectivity index (χ1v) is 3.16. The molecule has 0 saturated heterocycles. The van der Waals surface area contributed by atoms with E-state index in [2.05, 4.69) is 5.18 Å². The van der Waals surface area contributed by atoms with E-state index in [1.807, 2.05) is 0 Å². The zero-order valence-corrected chi connectivity index (χ0v) is 10.2. The largest absolute Gasteiger partial charge is 1.00 e. The molecule has 58 valence electrons. The van der Waals surface area contributed by atoms with Gasteiger partial charge in [0.1, 0.15) is 6.04 Å². The van der Waals surface area contributed by atoms with Crippen LogP contribution in [0.5, 0.6) is 0 Å². The molecule has 5 heteroatoms. The number of aliphatic carboxylic acids is 1. The van der Waals surface area contributed by atoms with Crippen molar-refractivity contribution >= 4 is 5.97 Å². The quantitative estimate of drug-likeness (QED) is 0.343. The average molecular weight is 183 g/mol. The summed E-state index contributed by atoms with van der Waals surface area (Å²) in [5.74, 6) is -1.62. The molecular weight excluding hydrogens is 173 g/mol. The molecule has 0 aliphatic rings. The van der Waals surface area contributed by atoms with Gasteiger partial charge in [-0.2, -0.15) is 4.91 Å². The summed E-state index contributed by atoms with van der Waals surface area (Å²) in [7, 11) is 0. The molecule has 0 radical (unpaired) electrons. The molecule has 0 bridgehead atoms. The van der Waals surface area contributed by atoms with Crippen molar-refractivity contribution in [3.63, 3.8) is 0 Å². The summed E-state index contributed by atoms with van der Waals surface area (Å²) < 4.78 is 0. The van der Waals surface area contributed by atoms with Crippen LogP contribution < -0.4 is 56.5 Å². The van der Waals surface area contributed by atoms with Crippen LogP contribution in [0, 0.1) is 10.8 Å². The first-order valence-electron chi connectivity index (χ1n) is 3.16. The Hall–Kier alpha value is 0.706. The number of hydrogen-bond donors (Lipinski definition) is 0. The minimum Gasteiger partial charge on any atom is -0.548 e. The first kappa shape index (κ1) is 14.2. The fraction of sp³-hybridized carbons (Fsp3) is 0.833. The van der Waals surface area contributed by atoms with Crippen LogP contribution in [-0.4, -0.2) is 12.0 Å². The van der Waals surface area contributed by atoms with Crippen LogP contribution in [0.15, 0.2) is 5.18 Å². The van der Waals surface area contributed by atoms with Gasteiger partial charge >= 0.3 is 51.4 Å². The zero-order valence-electron chi connectivity index (χ0n) is 7.03. The standard InChI is InChI=1S/C6H11NO3.K/c1-3-4(2)5(7-10)6(8)9;/h4-5H,3H2,1-2H3,(H,8,9);/q;+1/p-1/t4-,5-;/m0./s1. The van der Waals surface area contributed by atoms with Gasteiger partial charge in [-0.3, -0.25) is 0 Å². The Morgan fingerprint density at radius 2 is 2.09 bits per heavy atom. The van der Waals surface area contributed by atoms with E-state index in [1.165, 1.54) is 0 Å². The molecule has 0 amide bonds. The van der Waals surface area contributed by atoms with E-state index >= 15 is 0 Å². The Balaban J connectivity index is 0. The monoisotopic (exact) mass is 183 g/mol. The summed E-state index contributed by atoms with van der Waals surface area (Å²) in [6.07, 6.45) is 0.615. The van der Waals surface area contributed by atoms with Crippen LogP contribution in [0.4, 0.5) is 0 Å². The zero-order chi connectivity index (χ0) is 8.15. The maximum Gasteiger partial charge on any atom is 1.00 e. The number of carboxylic acid groups (broad SMARTS) is 1. The van der Waals surface area contributed by atoms with Gasteiger partial charge in [0.05, 0.1) is 5.97 Å². The van der Waals surface area contributed by atoms with E-state index in [9.17, 15) is 14.8 Å². The maximum absolute atomic E-state index is 10.1. The minimum atomic E-state index is -1.38.